The van der Waals surface area contributed by atoms with Gasteiger partial charge in [-0.25, -0.2) is 0 Å². The molecule has 0 aliphatic rings. The van der Waals surface area contributed by atoms with E-state index in [2.05, 4.69) is 118 Å². The van der Waals surface area contributed by atoms with Crippen LogP contribution in [0.3, 0.4) is 0 Å². The predicted molar refractivity (Wildman–Crippen MR) is 247 cm³/mol. The van der Waals surface area contributed by atoms with Crippen molar-refractivity contribution in [2.75, 3.05) is 13.2 Å². The van der Waals surface area contributed by atoms with Crippen LogP contribution in [0.1, 0.15) is 181 Å². The lowest BCUT2D eigenvalue weighted by Gasteiger charge is -2.18. The van der Waals surface area contributed by atoms with Crippen molar-refractivity contribution in [2.24, 2.45) is 0 Å². The SMILES string of the molecule is CC/C=C\C/C=C\C/C=C\C/C=C\C/C=C\CC(=O)OCC(COC(=O)CCCCCCCCCCCC)OC(=O)CCCC/C=C\C/C=C\C/C=C\C/C=C\CC. The van der Waals surface area contributed by atoms with E-state index in [4.69, 9.17) is 14.2 Å². The predicted octanol–water partition coefficient (Wildman–Crippen LogP) is 14.8. The van der Waals surface area contributed by atoms with Gasteiger partial charge in [-0.3, -0.25) is 14.4 Å². The summed E-state index contributed by atoms with van der Waals surface area (Å²) in [6, 6.07) is 0. The van der Waals surface area contributed by atoms with Gasteiger partial charge >= 0.3 is 17.9 Å². The first-order chi connectivity index (χ1) is 28.5. The summed E-state index contributed by atoms with van der Waals surface area (Å²) in [7, 11) is 0. The van der Waals surface area contributed by atoms with Gasteiger partial charge in [-0.05, 0) is 83.5 Å². The topological polar surface area (TPSA) is 78.9 Å². The molecule has 6 nitrogen and oxygen atoms in total. The Bertz CT molecular complexity index is 1240. The minimum Gasteiger partial charge on any atom is -0.462 e. The van der Waals surface area contributed by atoms with Crippen LogP contribution in [-0.4, -0.2) is 37.2 Å². The van der Waals surface area contributed by atoms with Crippen LogP contribution < -0.4 is 0 Å². The summed E-state index contributed by atoms with van der Waals surface area (Å²) in [5.74, 6) is -1.12. The highest BCUT2D eigenvalue weighted by atomic mass is 16.6. The highest BCUT2D eigenvalue weighted by Gasteiger charge is 2.19. The van der Waals surface area contributed by atoms with Crippen LogP contribution in [0.2, 0.25) is 0 Å². The minimum absolute atomic E-state index is 0.115. The molecular weight excluding hydrogens is 721 g/mol. The van der Waals surface area contributed by atoms with Crippen LogP contribution in [0.4, 0.5) is 0 Å². The van der Waals surface area contributed by atoms with E-state index in [0.29, 0.717) is 12.8 Å². The molecule has 0 heterocycles. The van der Waals surface area contributed by atoms with Crippen LogP contribution in [0.15, 0.2) is 109 Å². The molecule has 0 rings (SSSR count). The Morgan fingerprint density at radius 3 is 1.21 bits per heavy atom. The number of esters is 3. The molecule has 0 N–H and O–H groups in total. The molecule has 326 valence electrons. The molecule has 1 atom stereocenters. The minimum atomic E-state index is -0.837. The maximum Gasteiger partial charge on any atom is 0.309 e. The van der Waals surface area contributed by atoms with E-state index < -0.39 is 12.1 Å². The fourth-order valence-corrected chi connectivity index (χ4v) is 5.68. The van der Waals surface area contributed by atoms with Crippen molar-refractivity contribution in [1.82, 2.24) is 0 Å². The Morgan fingerprint density at radius 1 is 0.379 bits per heavy atom. The molecule has 0 aromatic carbocycles. The van der Waals surface area contributed by atoms with Gasteiger partial charge in [-0.15, -0.1) is 0 Å². The molecule has 0 saturated heterocycles. The third-order valence-electron chi connectivity index (χ3n) is 9.06. The van der Waals surface area contributed by atoms with Gasteiger partial charge in [0.25, 0.3) is 0 Å². The molecule has 6 heteroatoms. The average molecular weight is 803 g/mol. The summed E-state index contributed by atoms with van der Waals surface area (Å²) in [6.07, 6.45) is 61.0. The largest absolute Gasteiger partial charge is 0.462 e. The summed E-state index contributed by atoms with van der Waals surface area (Å²) < 4.78 is 16.6. The zero-order chi connectivity index (χ0) is 42.3. The van der Waals surface area contributed by atoms with Crippen LogP contribution in [0.5, 0.6) is 0 Å². The van der Waals surface area contributed by atoms with Crippen LogP contribution >= 0.6 is 0 Å². The molecule has 0 amide bonds. The van der Waals surface area contributed by atoms with E-state index in [0.717, 1.165) is 89.9 Å². The van der Waals surface area contributed by atoms with Crippen molar-refractivity contribution in [3.8, 4) is 0 Å². The molecule has 0 aromatic rings. The fraction of sp³-hybridized carbons (Fsp3) is 0.596. The lowest BCUT2D eigenvalue weighted by Crippen LogP contribution is -2.30. The smallest absolute Gasteiger partial charge is 0.309 e. The number of allylic oxidation sites excluding steroid dienone is 17. The number of carbonyl (C=O) groups excluding carboxylic acids is 3. The Labute approximate surface area is 355 Å². The van der Waals surface area contributed by atoms with E-state index in [9.17, 15) is 14.4 Å². The van der Waals surface area contributed by atoms with Crippen molar-refractivity contribution >= 4 is 17.9 Å². The van der Waals surface area contributed by atoms with Gasteiger partial charge in [0, 0.05) is 12.8 Å². The molecule has 0 bridgehead atoms. The second kappa shape index (κ2) is 45.8. The zero-order valence-electron chi connectivity index (χ0n) is 37.0. The van der Waals surface area contributed by atoms with Crippen molar-refractivity contribution in [3.63, 3.8) is 0 Å². The molecule has 0 aromatic heterocycles. The van der Waals surface area contributed by atoms with Gasteiger partial charge in [0.2, 0.25) is 0 Å². The lowest BCUT2D eigenvalue weighted by atomic mass is 10.1. The van der Waals surface area contributed by atoms with Gasteiger partial charge in [0.15, 0.2) is 6.10 Å². The summed E-state index contributed by atoms with van der Waals surface area (Å²) in [5.41, 5.74) is 0. The molecule has 0 aliphatic heterocycles. The Balaban J connectivity index is 4.60. The number of carbonyl (C=O) groups is 3. The standard InChI is InChI=1S/C52H82O6/c1-4-7-10-13-16-19-22-24-26-28-30-33-36-39-42-45-51(54)57-48-49(47-56-50(53)44-41-38-35-32-21-18-15-12-9-6-3)58-52(55)46-43-40-37-34-31-29-27-25-23-20-17-14-11-8-5-2/h7-8,10-11,16-17,19-20,24-27,30-31,33-34,39,42,49H,4-6,9,12-15,18,21-23,28-29,32,35-38,40-41,43-48H2,1-3H3/b10-7-,11-8-,19-16-,20-17-,26-24-,27-25-,33-30-,34-31-,42-39-. The number of hydrogen-bond acceptors (Lipinski definition) is 6. The fourth-order valence-electron chi connectivity index (χ4n) is 5.68. The van der Waals surface area contributed by atoms with E-state index >= 15 is 0 Å². The van der Waals surface area contributed by atoms with Gasteiger partial charge in [0.1, 0.15) is 13.2 Å². The van der Waals surface area contributed by atoms with E-state index in [1.165, 1.54) is 44.9 Å². The molecule has 0 aliphatic carbocycles. The van der Waals surface area contributed by atoms with Gasteiger partial charge in [0.05, 0.1) is 6.42 Å². The molecular formula is C52H82O6. The zero-order valence-corrected chi connectivity index (χ0v) is 37.0. The molecule has 0 fully saturated rings. The summed E-state index contributed by atoms with van der Waals surface area (Å²) in [5, 5.41) is 0. The van der Waals surface area contributed by atoms with E-state index in [1.54, 1.807) is 6.08 Å². The highest BCUT2D eigenvalue weighted by molar-refractivity contribution is 5.72. The van der Waals surface area contributed by atoms with Crippen molar-refractivity contribution < 1.29 is 28.6 Å². The Kier molecular flexibility index (Phi) is 42.7. The molecule has 0 radical (unpaired) electrons. The van der Waals surface area contributed by atoms with E-state index in [1.807, 2.05) is 6.08 Å². The number of hydrogen-bond donors (Lipinski definition) is 0. The van der Waals surface area contributed by atoms with Gasteiger partial charge < -0.3 is 14.2 Å². The second-order valence-corrected chi connectivity index (χ2v) is 14.6. The molecule has 0 saturated carbocycles. The summed E-state index contributed by atoms with van der Waals surface area (Å²) in [4.78, 5) is 37.7. The third-order valence-corrected chi connectivity index (χ3v) is 9.06. The quantitative estimate of drug-likeness (QED) is 0.0267. The van der Waals surface area contributed by atoms with Crippen LogP contribution in [0.25, 0.3) is 0 Å². The van der Waals surface area contributed by atoms with Crippen LogP contribution in [-0.2, 0) is 28.6 Å². The first-order valence-corrected chi connectivity index (χ1v) is 22.9. The highest BCUT2D eigenvalue weighted by Crippen LogP contribution is 2.12. The summed E-state index contributed by atoms with van der Waals surface area (Å²) in [6.45, 7) is 6.24. The monoisotopic (exact) mass is 803 g/mol. The first kappa shape index (κ1) is 54.1. The average Bonchev–Trinajstić information content (AvgIpc) is 3.22. The lowest BCUT2D eigenvalue weighted by molar-refractivity contribution is -0.166. The maximum atomic E-state index is 12.7. The number of unbranched alkanes of at least 4 members (excludes halogenated alkanes) is 11. The maximum absolute atomic E-state index is 12.7. The van der Waals surface area contributed by atoms with E-state index in [-0.39, 0.29) is 38.0 Å². The van der Waals surface area contributed by atoms with Crippen LogP contribution in [0, 0.1) is 0 Å². The Morgan fingerprint density at radius 2 is 0.741 bits per heavy atom. The molecule has 0 spiro atoms. The molecule has 1 unspecified atom stereocenters. The Hall–Kier alpha value is -3.93. The van der Waals surface area contributed by atoms with Crippen molar-refractivity contribution in [2.45, 2.75) is 187 Å². The van der Waals surface area contributed by atoms with Gasteiger partial charge in [-0.2, -0.15) is 0 Å². The second-order valence-electron chi connectivity index (χ2n) is 14.6. The van der Waals surface area contributed by atoms with Crippen molar-refractivity contribution in [3.05, 3.63) is 109 Å². The number of ether oxygens (including phenoxy) is 3. The molecule has 58 heavy (non-hydrogen) atoms. The normalized spacial score (nSPS) is 13.1. The van der Waals surface area contributed by atoms with Crippen molar-refractivity contribution in [1.29, 1.82) is 0 Å². The summed E-state index contributed by atoms with van der Waals surface area (Å²) >= 11 is 0. The third kappa shape index (κ3) is 43.2. The number of rotatable bonds is 39. The van der Waals surface area contributed by atoms with Gasteiger partial charge in [-0.1, -0.05) is 188 Å². The first-order valence-electron chi connectivity index (χ1n) is 22.9.